The van der Waals surface area contributed by atoms with Crippen LogP contribution < -0.4 is 10.4 Å². The van der Waals surface area contributed by atoms with Crippen molar-refractivity contribution in [3.05, 3.63) is 39.7 Å². The molecule has 0 unspecified atom stereocenters. The maximum atomic E-state index is 12.8. The number of amides is 1. The molecule has 5 heteroatoms. The third-order valence-corrected chi connectivity index (χ3v) is 6.23. The van der Waals surface area contributed by atoms with Gasteiger partial charge in [0.25, 0.3) is 5.91 Å². The molecule has 144 valence electrons. The Bertz CT molecular complexity index is 914. The molecule has 1 aliphatic carbocycles. The van der Waals surface area contributed by atoms with Crippen LogP contribution in [0.25, 0.3) is 11.0 Å². The number of carbonyl (C=O) groups excluding carboxylic acids is 1. The normalized spacial score (nSPS) is 22.5. The molecule has 0 spiro atoms. The number of rotatable bonds is 3. The Balaban J connectivity index is 1.50. The molecule has 2 fully saturated rings. The zero-order chi connectivity index (χ0) is 19.0. The Labute approximate surface area is 159 Å². The number of nitrogens with zero attached hydrogens (tertiary/aromatic N) is 1. The van der Waals surface area contributed by atoms with E-state index in [9.17, 15) is 9.59 Å². The highest BCUT2D eigenvalue weighted by atomic mass is 16.5. The second-order valence-electron chi connectivity index (χ2n) is 7.94. The van der Waals surface area contributed by atoms with E-state index in [1.54, 1.807) is 0 Å². The average molecular weight is 369 g/mol. The molecule has 2 atom stereocenters. The van der Waals surface area contributed by atoms with Crippen LogP contribution in [-0.2, 0) is 4.79 Å². The van der Waals surface area contributed by atoms with E-state index in [4.69, 9.17) is 9.15 Å². The van der Waals surface area contributed by atoms with Crippen molar-refractivity contribution in [3.63, 3.8) is 0 Å². The van der Waals surface area contributed by atoms with E-state index < -0.39 is 0 Å². The van der Waals surface area contributed by atoms with Crippen LogP contribution in [-0.4, -0.2) is 30.0 Å². The lowest BCUT2D eigenvalue weighted by atomic mass is 9.78. The Morgan fingerprint density at radius 1 is 1.19 bits per heavy atom. The third kappa shape index (κ3) is 3.47. The summed E-state index contributed by atoms with van der Waals surface area (Å²) in [7, 11) is 0. The van der Waals surface area contributed by atoms with Crippen molar-refractivity contribution in [2.75, 3.05) is 13.2 Å². The Morgan fingerprint density at radius 2 is 1.96 bits per heavy atom. The van der Waals surface area contributed by atoms with E-state index in [0.29, 0.717) is 23.3 Å². The van der Waals surface area contributed by atoms with Gasteiger partial charge in [0.05, 0.1) is 0 Å². The predicted octanol–water partition coefficient (Wildman–Crippen LogP) is 3.97. The van der Waals surface area contributed by atoms with Crippen molar-refractivity contribution in [3.8, 4) is 5.75 Å². The van der Waals surface area contributed by atoms with Crippen molar-refractivity contribution in [2.24, 2.45) is 5.92 Å². The van der Waals surface area contributed by atoms with Gasteiger partial charge in [-0.2, -0.15) is 0 Å². The molecule has 2 aliphatic rings. The highest BCUT2D eigenvalue weighted by Crippen LogP contribution is 2.35. The van der Waals surface area contributed by atoms with E-state index in [2.05, 4.69) is 0 Å². The largest absolute Gasteiger partial charge is 0.483 e. The summed E-state index contributed by atoms with van der Waals surface area (Å²) in [5, 5.41) is 0.895. The minimum atomic E-state index is -0.368. The van der Waals surface area contributed by atoms with Crippen molar-refractivity contribution < 1.29 is 13.9 Å². The zero-order valence-electron chi connectivity index (χ0n) is 16.1. The summed E-state index contributed by atoms with van der Waals surface area (Å²) in [6.45, 7) is 4.63. The first-order valence-corrected chi connectivity index (χ1v) is 10.0. The fourth-order valence-electron chi connectivity index (χ4n) is 4.81. The molecule has 1 saturated heterocycles. The molecule has 2 aromatic rings. The molecule has 5 nitrogen and oxygen atoms in total. The predicted molar refractivity (Wildman–Crippen MR) is 104 cm³/mol. The quantitative estimate of drug-likeness (QED) is 0.768. The van der Waals surface area contributed by atoms with E-state index >= 15 is 0 Å². The van der Waals surface area contributed by atoms with Gasteiger partial charge in [0, 0.05) is 29.6 Å². The Morgan fingerprint density at radius 3 is 2.81 bits per heavy atom. The van der Waals surface area contributed by atoms with Crippen LogP contribution in [0, 0.1) is 19.8 Å². The molecule has 2 heterocycles. The number of benzene rings is 1. The van der Waals surface area contributed by atoms with Crippen molar-refractivity contribution in [1.29, 1.82) is 0 Å². The van der Waals surface area contributed by atoms with Gasteiger partial charge in [0.15, 0.2) is 6.61 Å². The van der Waals surface area contributed by atoms with Gasteiger partial charge >= 0.3 is 5.63 Å². The molecular weight excluding hydrogens is 342 g/mol. The van der Waals surface area contributed by atoms with Crippen LogP contribution in [0.15, 0.2) is 27.4 Å². The summed E-state index contributed by atoms with van der Waals surface area (Å²) < 4.78 is 11.2. The molecular formula is C22H27NO4. The van der Waals surface area contributed by atoms with E-state index in [1.807, 2.05) is 30.9 Å². The number of ether oxygens (including phenoxy) is 1. The van der Waals surface area contributed by atoms with Gasteiger partial charge in [-0.15, -0.1) is 0 Å². The molecule has 0 N–H and O–H groups in total. The monoisotopic (exact) mass is 369 g/mol. The summed E-state index contributed by atoms with van der Waals surface area (Å²) in [6, 6.07) is 5.63. The number of piperidine rings is 1. The summed E-state index contributed by atoms with van der Waals surface area (Å²) >= 11 is 0. The number of fused-ring (bicyclic) bond motifs is 2. The SMILES string of the molecule is Cc1cc(=O)oc2c(C)c(OCC(=O)N3CCC[C@@H]4CCCC[C@@H]43)ccc12. The zero-order valence-corrected chi connectivity index (χ0v) is 16.1. The molecule has 1 aliphatic heterocycles. The number of hydrogen-bond acceptors (Lipinski definition) is 4. The smallest absolute Gasteiger partial charge is 0.336 e. The first-order valence-electron chi connectivity index (χ1n) is 10.0. The van der Waals surface area contributed by atoms with Crippen LogP contribution in [0.5, 0.6) is 5.75 Å². The van der Waals surface area contributed by atoms with Crippen LogP contribution in [0.4, 0.5) is 0 Å². The minimum absolute atomic E-state index is 0.0333. The molecule has 4 rings (SSSR count). The number of hydrogen-bond donors (Lipinski definition) is 0. The molecule has 1 amide bonds. The molecule has 0 radical (unpaired) electrons. The summed E-state index contributed by atoms with van der Waals surface area (Å²) in [5.74, 6) is 1.33. The van der Waals surface area contributed by atoms with Gasteiger partial charge < -0.3 is 14.1 Å². The van der Waals surface area contributed by atoms with Gasteiger partial charge in [0.2, 0.25) is 0 Å². The summed E-state index contributed by atoms with van der Waals surface area (Å²) in [4.78, 5) is 26.6. The summed E-state index contributed by atoms with van der Waals surface area (Å²) in [6.07, 6.45) is 7.21. The molecule has 1 saturated carbocycles. The minimum Gasteiger partial charge on any atom is -0.483 e. The van der Waals surface area contributed by atoms with Crippen LogP contribution in [0.1, 0.15) is 49.7 Å². The van der Waals surface area contributed by atoms with Crippen molar-refractivity contribution in [2.45, 2.75) is 58.4 Å². The maximum absolute atomic E-state index is 12.8. The highest BCUT2D eigenvalue weighted by Gasteiger charge is 2.35. The van der Waals surface area contributed by atoms with Gasteiger partial charge in [-0.3, -0.25) is 4.79 Å². The molecule has 1 aromatic heterocycles. The lowest BCUT2D eigenvalue weighted by Gasteiger charge is -2.44. The standard InChI is InChI=1S/C22H27NO4/c1-14-12-21(25)27-22-15(2)19(10-9-17(14)22)26-13-20(24)23-11-5-7-16-6-3-4-8-18(16)23/h9-10,12,16,18H,3-8,11,13H2,1-2H3/t16-,18-/m0/s1. The lowest BCUT2D eigenvalue weighted by molar-refractivity contribution is -0.139. The van der Waals surface area contributed by atoms with Crippen molar-refractivity contribution in [1.82, 2.24) is 4.90 Å². The van der Waals surface area contributed by atoms with Gasteiger partial charge in [0.1, 0.15) is 11.3 Å². The number of carbonyl (C=O) groups is 1. The fraction of sp³-hybridized carbons (Fsp3) is 0.545. The van der Waals surface area contributed by atoms with Crippen LogP contribution in [0.2, 0.25) is 0 Å². The Hall–Kier alpha value is -2.30. The van der Waals surface area contributed by atoms with E-state index in [-0.39, 0.29) is 18.1 Å². The van der Waals surface area contributed by atoms with Gasteiger partial charge in [-0.1, -0.05) is 12.8 Å². The lowest BCUT2D eigenvalue weighted by Crippen LogP contribution is -2.51. The van der Waals surface area contributed by atoms with Crippen LogP contribution >= 0.6 is 0 Å². The maximum Gasteiger partial charge on any atom is 0.336 e. The average Bonchev–Trinajstić information content (AvgIpc) is 2.67. The highest BCUT2D eigenvalue weighted by molar-refractivity contribution is 5.85. The third-order valence-electron chi connectivity index (χ3n) is 6.23. The fourth-order valence-corrected chi connectivity index (χ4v) is 4.81. The Kier molecular flexibility index (Phi) is 4.94. The number of likely N-dealkylation sites (tertiary alicyclic amines) is 1. The second-order valence-corrected chi connectivity index (χ2v) is 7.94. The first-order chi connectivity index (χ1) is 13.0. The van der Waals surface area contributed by atoms with E-state index in [0.717, 1.165) is 35.9 Å². The second kappa shape index (κ2) is 7.37. The first kappa shape index (κ1) is 18.1. The molecule has 27 heavy (non-hydrogen) atoms. The van der Waals surface area contributed by atoms with Crippen molar-refractivity contribution >= 4 is 16.9 Å². The van der Waals surface area contributed by atoms with Gasteiger partial charge in [-0.05, 0) is 63.1 Å². The van der Waals surface area contributed by atoms with Crippen LogP contribution in [0.3, 0.4) is 0 Å². The molecule has 1 aromatic carbocycles. The molecule has 0 bridgehead atoms. The van der Waals surface area contributed by atoms with Gasteiger partial charge in [-0.25, -0.2) is 4.79 Å². The topological polar surface area (TPSA) is 59.8 Å². The number of aryl methyl sites for hydroxylation is 2. The summed E-state index contributed by atoms with van der Waals surface area (Å²) in [5.41, 5.74) is 1.81. The van der Waals surface area contributed by atoms with E-state index in [1.165, 1.54) is 31.7 Å².